The number of para-hydroxylation sites is 1. The molecule has 0 aliphatic carbocycles. The Balaban J connectivity index is 2.09. The van der Waals surface area contributed by atoms with Gasteiger partial charge in [-0.05, 0) is 78.2 Å². The molecule has 0 aromatic heterocycles. The Labute approximate surface area is 201 Å². The molecular formula is C27H34N2O5. The Hall–Kier alpha value is -3.32. The highest BCUT2D eigenvalue weighted by Gasteiger charge is 2.46. The van der Waals surface area contributed by atoms with Crippen molar-refractivity contribution in [3.63, 3.8) is 0 Å². The zero-order valence-corrected chi connectivity index (χ0v) is 20.6. The van der Waals surface area contributed by atoms with Gasteiger partial charge in [0.15, 0.2) is 0 Å². The number of aliphatic hydroxyl groups is 1. The van der Waals surface area contributed by atoms with Gasteiger partial charge in [-0.15, -0.1) is 0 Å². The van der Waals surface area contributed by atoms with E-state index in [1.165, 1.54) is 0 Å². The van der Waals surface area contributed by atoms with Crippen molar-refractivity contribution in [1.82, 2.24) is 9.80 Å². The number of hydrogen-bond acceptors (Lipinski definition) is 6. The first-order valence-electron chi connectivity index (χ1n) is 11.7. The average Bonchev–Trinajstić information content (AvgIpc) is 3.04. The molecule has 1 heterocycles. The summed E-state index contributed by atoms with van der Waals surface area (Å²) in [6.45, 7) is 7.33. The normalized spacial score (nSPS) is 17.6. The number of carbonyl (C=O) groups is 2. The second kappa shape index (κ2) is 11.2. The number of hydrogen-bond donors (Lipinski definition) is 1. The number of Topliss-reactive ketones (excluding diaryl/α,β-unsaturated/α-hetero) is 1. The minimum atomic E-state index is -0.739. The Kier molecular flexibility index (Phi) is 8.34. The lowest BCUT2D eigenvalue weighted by molar-refractivity contribution is -0.140. The van der Waals surface area contributed by atoms with Crippen LogP contribution >= 0.6 is 0 Å². The molecule has 0 radical (unpaired) electrons. The number of ketones is 1. The zero-order valence-electron chi connectivity index (χ0n) is 20.6. The van der Waals surface area contributed by atoms with Crippen LogP contribution in [0.4, 0.5) is 0 Å². The van der Waals surface area contributed by atoms with Crippen molar-refractivity contribution in [2.24, 2.45) is 0 Å². The van der Waals surface area contributed by atoms with Crippen LogP contribution in [0.5, 0.6) is 11.5 Å². The van der Waals surface area contributed by atoms with E-state index in [2.05, 4.69) is 0 Å². The van der Waals surface area contributed by atoms with Crippen molar-refractivity contribution < 1.29 is 24.2 Å². The maximum Gasteiger partial charge on any atom is 0.295 e. The number of ether oxygens (including phenoxy) is 2. The summed E-state index contributed by atoms with van der Waals surface area (Å²) in [5, 5.41) is 11.3. The molecule has 2 aromatic carbocycles. The van der Waals surface area contributed by atoms with Gasteiger partial charge < -0.3 is 24.4 Å². The fourth-order valence-corrected chi connectivity index (χ4v) is 4.10. The molecule has 1 aliphatic rings. The van der Waals surface area contributed by atoms with Crippen LogP contribution in [0.15, 0.2) is 54.1 Å². The van der Waals surface area contributed by atoms with Gasteiger partial charge in [0.2, 0.25) is 0 Å². The minimum absolute atomic E-state index is 0.0157. The highest BCUT2D eigenvalue weighted by Crippen LogP contribution is 2.42. The maximum absolute atomic E-state index is 13.2. The van der Waals surface area contributed by atoms with Crippen molar-refractivity contribution in [1.29, 1.82) is 0 Å². The van der Waals surface area contributed by atoms with Crippen LogP contribution in [0, 0.1) is 0 Å². The monoisotopic (exact) mass is 466 g/mol. The Morgan fingerprint density at radius 3 is 2.38 bits per heavy atom. The van der Waals surface area contributed by atoms with Crippen molar-refractivity contribution in [3.8, 4) is 11.5 Å². The van der Waals surface area contributed by atoms with Crippen molar-refractivity contribution >= 4 is 17.4 Å². The van der Waals surface area contributed by atoms with E-state index in [1.54, 1.807) is 29.2 Å². The third-order valence-electron chi connectivity index (χ3n) is 5.56. The molecule has 1 atom stereocenters. The molecule has 2 aromatic rings. The summed E-state index contributed by atoms with van der Waals surface area (Å²) < 4.78 is 11.5. The lowest BCUT2D eigenvalue weighted by Crippen LogP contribution is -2.32. The van der Waals surface area contributed by atoms with E-state index in [1.807, 2.05) is 64.0 Å². The first-order valence-corrected chi connectivity index (χ1v) is 11.7. The van der Waals surface area contributed by atoms with E-state index in [4.69, 9.17) is 9.47 Å². The summed E-state index contributed by atoms with van der Waals surface area (Å²) >= 11 is 0. The number of likely N-dealkylation sites (tertiary alicyclic amines) is 1. The van der Waals surface area contributed by atoms with Crippen LogP contribution in [-0.4, -0.2) is 66.5 Å². The van der Waals surface area contributed by atoms with Crippen LogP contribution in [-0.2, 0) is 9.59 Å². The fraction of sp³-hybridized carbons (Fsp3) is 0.407. The molecule has 7 nitrogen and oxygen atoms in total. The molecule has 182 valence electrons. The van der Waals surface area contributed by atoms with Gasteiger partial charge in [-0.25, -0.2) is 0 Å². The van der Waals surface area contributed by atoms with E-state index in [0.717, 1.165) is 6.54 Å². The Morgan fingerprint density at radius 1 is 1.09 bits per heavy atom. The van der Waals surface area contributed by atoms with Gasteiger partial charge in [0, 0.05) is 17.7 Å². The van der Waals surface area contributed by atoms with Crippen LogP contribution in [0.1, 0.15) is 44.4 Å². The highest BCUT2D eigenvalue weighted by atomic mass is 16.5. The molecule has 1 aliphatic heterocycles. The molecule has 1 fully saturated rings. The van der Waals surface area contributed by atoms with E-state index >= 15 is 0 Å². The number of rotatable bonds is 10. The molecule has 0 saturated carbocycles. The summed E-state index contributed by atoms with van der Waals surface area (Å²) in [5.41, 5.74) is 1.19. The van der Waals surface area contributed by atoms with Gasteiger partial charge in [-0.3, -0.25) is 9.59 Å². The average molecular weight is 467 g/mol. The van der Waals surface area contributed by atoms with Gasteiger partial charge in [-0.1, -0.05) is 18.2 Å². The summed E-state index contributed by atoms with van der Waals surface area (Å²) in [4.78, 5) is 29.9. The number of benzene rings is 2. The Bertz CT molecular complexity index is 1040. The lowest BCUT2D eigenvalue weighted by atomic mass is 9.94. The van der Waals surface area contributed by atoms with Gasteiger partial charge in [0.05, 0.1) is 24.3 Å². The summed E-state index contributed by atoms with van der Waals surface area (Å²) in [7, 11) is 3.92. The fourth-order valence-electron chi connectivity index (χ4n) is 4.10. The summed E-state index contributed by atoms with van der Waals surface area (Å²) in [6, 6.07) is 13.5. The van der Waals surface area contributed by atoms with E-state index < -0.39 is 17.7 Å². The molecular weight excluding hydrogens is 432 g/mol. The first kappa shape index (κ1) is 25.3. The van der Waals surface area contributed by atoms with E-state index in [-0.39, 0.29) is 17.4 Å². The van der Waals surface area contributed by atoms with Crippen LogP contribution in [0.2, 0.25) is 0 Å². The molecule has 0 bridgehead atoms. The molecule has 34 heavy (non-hydrogen) atoms. The predicted octanol–water partition coefficient (Wildman–Crippen LogP) is 4.25. The molecule has 3 rings (SSSR count). The van der Waals surface area contributed by atoms with Crippen LogP contribution in [0.25, 0.3) is 5.76 Å². The summed E-state index contributed by atoms with van der Waals surface area (Å²) in [6.07, 6.45) is 0.705. The largest absolute Gasteiger partial charge is 0.507 e. The number of nitrogens with zero attached hydrogens (tertiary/aromatic N) is 2. The molecule has 1 N–H and O–H groups in total. The van der Waals surface area contributed by atoms with Crippen molar-refractivity contribution in [3.05, 3.63) is 65.2 Å². The van der Waals surface area contributed by atoms with Gasteiger partial charge in [0.1, 0.15) is 17.3 Å². The second-order valence-electron chi connectivity index (χ2n) is 8.81. The van der Waals surface area contributed by atoms with Gasteiger partial charge in [-0.2, -0.15) is 0 Å². The van der Waals surface area contributed by atoms with Crippen molar-refractivity contribution in [2.45, 2.75) is 39.3 Å². The molecule has 7 heteroatoms. The van der Waals surface area contributed by atoms with Crippen LogP contribution < -0.4 is 9.47 Å². The van der Waals surface area contributed by atoms with Crippen molar-refractivity contribution in [2.75, 3.05) is 33.8 Å². The third-order valence-corrected chi connectivity index (χ3v) is 5.56. The third kappa shape index (κ3) is 5.59. The second-order valence-corrected chi connectivity index (χ2v) is 8.81. The van der Waals surface area contributed by atoms with E-state index in [0.29, 0.717) is 42.2 Å². The van der Waals surface area contributed by atoms with Gasteiger partial charge in [0.25, 0.3) is 11.7 Å². The Morgan fingerprint density at radius 2 is 1.76 bits per heavy atom. The quantitative estimate of drug-likeness (QED) is 0.320. The number of amides is 1. The highest BCUT2D eigenvalue weighted by molar-refractivity contribution is 6.46. The molecule has 0 unspecified atom stereocenters. The lowest BCUT2D eigenvalue weighted by Gasteiger charge is -2.27. The zero-order chi connectivity index (χ0) is 24.8. The maximum atomic E-state index is 13.2. The van der Waals surface area contributed by atoms with Gasteiger partial charge >= 0.3 is 0 Å². The summed E-state index contributed by atoms with van der Waals surface area (Å²) in [5.74, 6) is -0.270. The van der Waals surface area contributed by atoms with E-state index in [9.17, 15) is 14.7 Å². The standard InChI is InChI=1S/C27H34N2O5/c1-6-33-22-11-8-7-10-21(22)24-23(26(31)27(32)29(24)17-9-16-28(4)5)25(30)19-12-14-20(15-13-19)34-18(2)3/h7-8,10-15,18,24,30H,6,9,16-17H2,1-5H3/t24-/m0/s1. The number of aliphatic hydroxyl groups excluding tert-OH is 1. The SMILES string of the molecule is CCOc1ccccc1[C@H]1C(=C(O)c2ccc(OC(C)C)cc2)C(=O)C(=O)N1CCCN(C)C. The predicted molar refractivity (Wildman–Crippen MR) is 132 cm³/mol. The molecule has 1 saturated heterocycles. The number of carbonyl (C=O) groups excluding carboxylic acids is 2. The first-order chi connectivity index (χ1) is 16.2. The smallest absolute Gasteiger partial charge is 0.295 e. The molecule has 0 spiro atoms. The molecule has 1 amide bonds. The minimum Gasteiger partial charge on any atom is -0.507 e. The van der Waals surface area contributed by atoms with Crippen LogP contribution in [0.3, 0.4) is 0 Å². The topological polar surface area (TPSA) is 79.3 Å².